The van der Waals surface area contributed by atoms with Gasteiger partial charge in [0, 0.05) is 6.42 Å². The fourth-order valence-electron chi connectivity index (χ4n) is 1.69. The zero-order valence-corrected chi connectivity index (χ0v) is 9.58. The smallest absolute Gasteiger partial charge is 0.186 e. The molecule has 1 N–H and O–H groups in total. The van der Waals surface area contributed by atoms with E-state index in [1.54, 1.807) is 12.1 Å². The number of phenols is 1. The average molecular weight is 232 g/mol. The second kappa shape index (κ2) is 4.58. The van der Waals surface area contributed by atoms with E-state index in [1.807, 2.05) is 24.3 Å². The van der Waals surface area contributed by atoms with Crippen molar-refractivity contribution in [3.63, 3.8) is 0 Å². The Morgan fingerprint density at radius 1 is 1.12 bits per heavy atom. The van der Waals surface area contributed by atoms with Crippen molar-refractivity contribution in [3.8, 4) is 5.75 Å². The number of phenolic OH excluding ortho intramolecular Hbond substituents is 1. The minimum absolute atomic E-state index is 0.0918. The number of rotatable bonds is 3. The van der Waals surface area contributed by atoms with Crippen LogP contribution in [0.4, 0.5) is 0 Å². The van der Waals surface area contributed by atoms with Crippen molar-refractivity contribution in [1.82, 2.24) is 0 Å². The van der Waals surface area contributed by atoms with Crippen molar-refractivity contribution >= 4 is 28.5 Å². The van der Waals surface area contributed by atoms with Gasteiger partial charge in [-0.15, -0.1) is 12.6 Å². The number of carbonyl (C=O) groups excluding carboxylic acids is 1. The molecule has 0 aromatic heterocycles. The van der Waals surface area contributed by atoms with E-state index in [-0.39, 0.29) is 10.9 Å². The van der Waals surface area contributed by atoms with E-state index >= 15 is 0 Å². The summed E-state index contributed by atoms with van der Waals surface area (Å²) in [4.78, 5) is 10.8. The first kappa shape index (κ1) is 11.0. The molecule has 2 aromatic carbocycles. The maximum atomic E-state index is 10.8. The Labute approximate surface area is 99.3 Å². The van der Waals surface area contributed by atoms with Crippen LogP contribution < -0.4 is 0 Å². The molecule has 0 spiro atoms. The highest BCUT2D eigenvalue weighted by atomic mass is 32.1. The van der Waals surface area contributed by atoms with Crippen LogP contribution in [0.25, 0.3) is 10.8 Å². The molecule has 2 rings (SSSR count). The molecule has 0 amide bonds. The minimum Gasteiger partial charge on any atom is -0.508 e. The lowest BCUT2D eigenvalue weighted by atomic mass is 10.0. The maximum absolute atomic E-state index is 10.8. The van der Waals surface area contributed by atoms with Gasteiger partial charge in [-0.3, -0.25) is 4.79 Å². The van der Waals surface area contributed by atoms with Gasteiger partial charge in [-0.25, -0.2) is 0 Å². The van der Waals surface area contributed by atoms with Gasteiger partial charge in [0.05, 0.1) is 0 Å². The van der Waals surface area contributed by atoms with Crippen LogP contribution in [0.5, 0.6) is 5.75 Å². The SMILES string of the molecule is O=C(S)CCc1ccc2cc(O)ccc2c1. The first-order valence-corrected chi connectivity index (χ1v) is 5.53. The van der Waals surface area contributed by atoms with E-state index in [4.69, 9.17) is 0 Å². The summed E-state index contributed by atoms with van der Waals surface area (Å²) in [7, 11) is 0. The largest absolute Gasteiger partial charge is 0.508 e. The van der Waals surface area contributed by atoms with Crippen molar-refractivity contribution in [2.75, 3.05) is 0 Å². The highest BCUT2D eigenvalue weighted by Crippen LogP contribution is 2.21. The van der Waals surface area contributed by atoms with Crippen LogP contribution in [0.2, 0.25) is 0 Å². The molecular formula is C13H12O2S. The maximum Gasteiger partial charge on any atom is 0.186 e. The van der Waals surface area contributed by atoms with Gasteiger partial charge in [0.1, 0.15) is 5.75 Å². The first-order valence-electron chi connectivity index (χ1n) is 5.08. The zero-order chi connectivity index (χ0) is 11.5. The monoisotopic (exact) mass is 232 g/mol. The van der Waals surface area contributed by atoms with Gasteiger partial charge >= 0.3 is 0 Å². The van der Waals surface area contributed by atoms with Crippen molar-refractivity contribution in [1.29, 1.82) is 0 Å². The Bertz CT molecular complexity index is 534. The van der Waals surface area contributed by atoms with Crippen molar-refractivity contribution in [2.24, 2.45) is 0 Å². The Morgan fingerprint density at radius 3 is 2.56 bits per heavy atom. The van der Waals surface area contributed by atoms with E-state index in [0.29, 0.717) is 12.8 Å². The van der Waals surface area contributed by atoms with Gasteiger partial charge in [-0.2, -0.15) is 0 Å². The van der Waals surface area contributed by atoms with E-state index in [2.05, 4.69) is 12.6 Å². The van der Waals surface area contributed by atoms with Crippen molar-refractivity contribution < 1.29 is 9.90 Å². The second-order valence-corrected chi connectivity index (χ2v) is 4.26. The zero-order valence-electron chi connectivity index (χ0n) is 8.68. The van der Waals surface area contributed by atoms with Crippen molar-refractivity contribution in [2.45, 2.75) is 12.8 Å². The predicted molar refractivity (Wildman–Crippen MR) is 67.9 cm³/mol. The molecule has 3 heteroatoms. The Hall–Kier alpha value is -1.48. The summed E-state index contributed by atoms with van der Waals surface area (Å²) < 4.78 is 0. The Kier molecular flexibility index (Phi) is 3.15. The molecule has 2 aromatic rings. The summed E-state index contributed by atoms with van der Waals surface area (Å²) >= 11 is 3.74. The predicted octanol–water partition coefficient (Wildman–Crippen LogP) is 2.93. The summed E-state index contributed by atoms with van der Waals surface area (Å²) in [6.07, 6.45) is 1.16. The van der Waals surface area contributed by atoms with Crippen LogP contribution in [-0.2, 0) is 11.2 Å². The van der Waals surface area contributed by atoms with E-state index < -0.39 is 0 Å². The highest BCUT2D eigenvalue weighted by molar-refractivity contribution is 7.96. The summed E-state index contributed by atoms with van der Waals surface area (Å²) in [5.41, 5.74) is 1.11. The molecule has 0 radical (unpaired) electrons. The normalized spacial score (nSPS) is 10.6. The Balaban J connectivity index is 2.30. The number of aromatic hydroxyl groups is 1. The van der Waals surface area contributed by atoms with Crippen LogP contribution >= 0.6 is 12.6 Å². The molecule has 0 heterocycles. The number of carbonyl (C=O) groups is 1. The van der Waals surface area contributed by atoms with E-state index in [1.165, 1.54) is 0 Å². The number of thiol groups is 1. The molecule has 0 unspecified atom stereocenters. The topological polar surface area (TPSA) is 37.3 Å². The summed E-state index contributed by atoms with van der Waals surface area (Å²) in [6, 6.07) is 11.2. The first-order chi connectivity index (χ1) is 7.65. The van der Waals surface area contributed by atoms with Crippen LogP contribution in [0.3, 0.4) is 0 Å². The van der Waals surface area contributed by atoms with Gasteiger partial charge in [0.15, 0.2) is 5.12 Å². The molecule has 16 heavy (non-hydrogen) atoms. The third kappa shape index (κ3) is 2.55. The number of fused-ring (bicyclic) bond motifs is 1. The average Bonchev–Trinajstić information content (AvgIpc) is 2.26. The van der Waals surface area contributed by atoms with Crippen LogP contribution in [0, 0.1) is 0 Å². The summed E-state index contributed by atoms with van der Waals surface area (Å²) in [5, 5.41) is 11.3. The third-order valence-electron chi connectivity index (χ3n) is 2.52. The number of hydrogen-bond donors (Lipinski definition) is 2. The standard InChI is InChI=1S/C13H12O2S/c14-12-5-4-10-7-9(2-6-13(15)16)1-3-11(10)8-12/h1,3-5,7-8,14H,2,6H2,(H,15,16). The third-order valence-corrected chi connectivity index (χ3v) is 2.74. The van der Waals surface area contributed by atoms with Gasteiger partial charge in [-0.05, 0) is 34.9 Å². The second-order valence-electron chi connectivity index (χ2n) is 3.76. The van der Waals surface area contributed by atoms with Crippen LogP contribution in [0.15, 0.2) is 36.4 Å². The Morgan fingerprint density at radius 2 is 1.81 bits per heavy atom. The molecule has 0 aliphatic heterocycles. The van der Waals surface area contributed by atoms with Crippen LogP contribution in [-0.4, -0.2) is 10.2 Å². The fourth-order valence-corrected chi connectivity index (χ4v) is 1.80. The molecule has 2 nitrogen and oxygen atoms in total. The van der Waals surface area contributed by atoms with E-state index in [9.17, 15) is 9.90 Å². The molecular weight excluding hydrogens is 220 g/mol. The van der Waals surface area contributed by atoms with Crippen LogP contribution in [0.1, 0.15) is 12.0 Å². The lowest BCUT2D eigenvalue weighted by Gasteiger charge is -2.03. The van der Waals surface area contributed by atoms with Gasteiger partial charge < -0.3 is 5.11 Å². The number of aryl methyl sites for hydroxylation is 1. The van der Waals surface area contributed by atoms with Crippen molar-refractivity contribution in [3.05, 3.63) is 42.0 Å². The van der Waals surface area contributed by atoms with Gasteiger partial charge in [0.25, 0.3) is 0 Å². The molecule has 0 atom stereocenters. The minimum atomic E-state index is -0.0918. The molecule has 0 saturated heterocycles. The van der Waals surface area contributed by atoms with E-state index in [0.717, 1.165) is 16.3 Å². The molecule has 82 valence electrons. The number of benzene rings is 2. The van der Waals surface area contributed by atoms with Gasteiger partial charge in [-0.1, -0.05) is 24.3 Å². The highest BCUT2D eigenvalue weighted by Gasteiger charge is 2.00. The van der Waals surface area contributed by atoms with Gasteiger partial charge in [0.2, 0.25) is 0 Å². The quantitative estimate of drug-likeness (QED) is 0.798. The fraction of sp³-hybridized carbons (Fsp3) is 0.154. The molecule has 0 saturated carbocycles. The lowest BCUT2D eigenvalue weighted by Crippen LogP contribution is -1.91. The summed E-state index contributed by atoms with van der Waals surface area (Å²) in [6.45, 7) is 0. The molecule has 0 fully saturated rings. The molecule has 0 bridgehead atoms. The molecule has 0 aliphatic carbocycles. The lowest BCUT2D eigenvalue weighted by molar-refractivity contribution is -0.110. The number of hydrogen-bond acceptors (Lipinski definition) is 2. The molecule has 0 aliphatic rings. The summed E-state index contributed by atoms with van der Waals surface area (Å²) in [5.74, 6) is 0.269.